The molecule has 0 unspecified atom stereocenters. The van der Waals surface area contributed by atoms with Gasteiger partial charge in [0.05, 0.1) is 6.33 Å². The van der Waals surface area contributed by atoms with Gasteiger partial charge in [0.15, 0.2) is 0 Å². The zero-order valence-electron chi connectivity index (χ0n) is 8.48. The summed E-state index contributed by atoms with van der Waals surface area (Å²) in [5.74, 6) is 0. The van der Waals surface area contributed by atoms with E-state index in [0.717, 1.165) is 19.6 Å². The van der Waals surface area contributed by atoms with Crippen molar-refractivity contribution in [2.24, 2.45) is 0 Å². The molecule has 0 saturated carbocycles. The van der Waals surface area contributed by atoms with Gasteiger partial charge >= 0.3 is 0 Å². The van der Waals surface area contributed by atoms with Crippen molar-refractivity contribution in [3.05, 3.63) is 18.7 Å². The number of nitrogens with one attached hydrogen (secondary N) is 1. The molecule has 84 valence electrons. The van der Waals surface area contributed by atoms with E-state index >= 15 is 0 Å². The summed E-state index contributed by atoms with van der Waals surface area (Å²) in [5.41, 5.74) is 0. The van der Waals surface area contributed by atoms with Crippen LogP contribution in [0, 0.1) is 0 Å². The number of halogens is 2. The van der Waals surface area contributed by atoms with Crippen LogP contribution in [0.5, 0.6) is 0 Å². The van der Waals surface area contributed by atoms with E-state index in [2.05, 4.69) is 21.8 Å². The van der Waals surface area contributed by atoms with Crippen molar-refractivity contribution in [3.8, 4) is 0 Å². The molecule has 0 spiro atoms. The van der Waals surface area contributed by atoms with Crippen LogP contribution in [0.25, 0.3) is 0 Å². The van der Waals surface area contributed by atoms with Gasteiger partial charge in [-0.2, -0.15) is 0 Å². The zero-order valence-corrected chi connectivity index (χ0v) is 10.1. The van der Waals surface area contributed by atoms with Gasteiger partial charge in [0.2, 0.25) is 0 Å². The zero-order chi connectivity index (χ0) is 8.65. The van der Waals surface area contributed by atoms with Gasteiger partial charge < -0.3 is 9.88 Å². The molecule has 1 N–H and O–H groups in total. The van der Waals surface area contributed by atoms with E-state index in [9.17, 15) is 0 Å². The molecule has 14 heavy (non-hydrogen) atoms. The highest BCUT2D eigenvalue weighted by molar-refractivity contribution is 5.85. The van der Waals surface area contributed by atoms with E-state index in [-0.39, 0.29) is 24.8 Å². The Kier molecular flexibility index (Phi) is 12.5. The molecule has 0 bridgehead atoms. The molecule has 0 fully saturated rings. The molecule has 0 aromatic carbocycles. The van der Waals surface area contributed by atoms with Gasteiger partial charge in [0.1, 0.15) is 0 Å². The summed E-state index contributed by atoms with van der Waals surface area (Å²) < 4.78 is 2.10. The molecule has 0 saturated heterocycles. The second-order valence-corrected chi connectivity index (χ2v) is 2.90. The molecule has 1 heterocycles. The van der Waals surface area contributed by atoms with Crippen LogP contribution < -0.4 is 5.32 Å². The van der Waals surface area contributed by atoms with E-state index in [4.69, 9.17) is 0 Å². The van der Waals surface area contributed by atoms with E-state index in [1.807, 2.05) is 18.7 Å². The maximum atomic E-state index is 3.98. The minimum absolute atomic E-state index is 0. The lowest BCUT2D eigenvalue weighted by atomic mass is 10.4. The average molecular weight is 240 g/mol. The molecule has 0 aliphatic carbocycles. The summed E-state index contributed by atoms with van der Waals surface area (Å²) >= 11 is 0. The molecule has 0 aliphatic heterocycles. The highest BCUT2D eigenvalue weighted by atomic mass is 35.5. The molecule has 0 amide bonds. The second kappa shape index (κ2) is 10.8. The van der Waals surface area contributed by atoms with Crippen LogP contribution in [0.4, 0.5) is 0 Å². The van der Waals surface area contributed by atoms with Crippen LogP contribution in [0.3, 0.4) is 0 Å². The van der Waals surface area contributed by atoms with Crippen molar-refractivity contribution in [2.75, 3.05) is 13.1 Å². The predicted molar refractivity (Wildman–Crippen MR) is 64.5 cm³/mol. The monoisotopic (exact) mass is 239 g/mol. The molecule has 5 heteroatoms. The number of imidazole rings is 1. The maximum absolute atomic E-state index is 3.98. The van der Waals surface area contributed by atoms with Crippen molar-refractivity contribution in [3.63, 3.8) is 0 Å². The summed E-state index contributed by atoms with van der Waals surface area (Å²) in [6.07, 6.45) is 8.07. The van der Waals surface area contributed by atoms with Crippen molar-refractivity contribution in [2.45, 2.75) is 26.3 Å². The molecule has 3 nitrogen and oxygen atoms in total. The van der Waals surface area contributed by atoms with Crippen LogP contribution in [-0.4, -0.2) is 22.6 Å². The average Bonchev–Trinajstić information content (AvgIpc) is 2.57. The number of hydrogen-bond donors (Lipinski definition) is 1. The fourth-order valence-corrected chi connectivity index (χ4v) is 1.11. The predicted octanol–water partition coefficient (Wildman–Crippen LogP) is 2.12. The first-order chi connectivity index (χ1) is 5.93. The van der Waals surface area contributed by atoms with Crippen molar-refractivity contribution in [1.82, 2.24) is 14.9 Å². The fourth-order valence-electron chi connectivity index (χ4n) is 1.11. The molecule has 0 radical (unpaired) electrons. The first-order valence-electron chi connectivity index (χ1n) is 4.60. The lowest BCUT2D eigenvalue weighted by molar-refractivity contribution is 0.578. The largest absolute Gasteiger partial charge is 0.337 e. The number of rotatable bonds is 6. The first kappa shape index (κ1) is 16.2. The fraction of sp³-hybridized carbons (Fsp3) is 0.667. The Labute approximate surface area is 98.1 Å². The molecule has 1 rings (SSSR count). The van der Waals surface area contributed by atoms with Gasteiger partial charge in [-0.15, -0.1) is 24.8 Å². The minimum atomic E-state index is 0. The summed E-state index contributed by atoms with van der Waals surface area (Å²) in [4.78, 5) is 3.98. The highest BCUT2D eigenvalue weighted by Gasteiger charge is 1.89. The lowest BCUT2D eigenvalue weighted by Gasteiger charge is -2.02. The van der Waals surface area contributed by atoms with Gasteiger partial charge in [-0.3, -0.25) is 0 Å². The number of aryl methyl sites for hydroxylation is 1. The highest BCUT2D eigenvalue weighted by Crippen LogP contribution is 1.88. The van der Waals surface area contributed by atoms with Crippen LogP contribution in [0.1, 0.15) is 19.8 Å². The van der Waals surface area contributed by atoms with Crippen molar-refractivity contribution >= 4 is 24.8 Å². The summed E-state index contributed by atoms with van der Waals surface area (Å²) in [6, 6.07) is 0. The number of aromatic nitrogens is 2. The third-order valence-corrected chi connectivity index (χ3v) is 1.76. The standard InChI is InChI=1S/C9H17N3.2ClH/c1-2-4-10-5-3-7-12-8-6-11-9-12;;/h6,8-10H,2-5,7H2,1H3;2*1H. The molecule has 1 aromatic heterocycles. The number of hydrogen-bond acceptors (Lipinski definition) is 2. The smallest absolute Gasteiger partial charge is 0.0945 e. The van der Waals surface area contributed by atoms with E-state index in [0.29, 0.717) is 0 Å². The summed E-state index contributed by atoms with van der Waals surface area (Å²) in [5, 5.41) is 3.36. The molecular weight excluding hydrogens is 221 g/mol. The summed E-state index contributed by atoms with van der Waals surface area (Å²) in [6.45, 7) is 5.48. The maximum Gasteiger partial charge on any atom is 0.0945 e. The Morgan fingerprint density at radius 3 is 2.64 bits per heavy atom. The molecule has 0 aliphatic rings. The van der Waals surface area contributed by atoms with Gasteiger partial charge in [-0.1, -0.05) is 6.92 Å². The Balaban J connectivity index is 0. The first-order valence-corrected chi connectivity index (χ1v) is 4.60. The molecule has 1 aromatic rings. The molecule has 0 atom stereocenters. The van der Waals surface area contributed by atoms with Gasteiger partial charge in [-0.25, -0.2) is 4.98 Å². The normalized spacial score (nSPS) is 8.93. The van der Waals surface area contributed by atoms with E-state index < -0.39 is 0 Å². The van der Waals surface area contributed by atoms with Gasteiger partial charge in [0.25, 0.3) is 0 Å². The van der Waals surface area contributed by atoms with Crippen LogP contribution in [-0.2, 0) is 6.54 Å². The Bertz CT molecular complexity index is 190. The third-order valence-electron chi connectivity index (χ3n) is 1.76. The van der Waals surface area contributed by atoms with Crippen molar-refractivity contribution < 1.29 is 0 Å². The second-order valence-electron chi connectivity index (χ2n) is 2.90. The van der Waals surface area contributed by atoms with Crippen LogP contribution >= 0.6 is 24.8 Å². The lowest BCUT2D eigenvalue weighted by Crippen LogP contribution is -2.17. The van der Waals surface area contributed by atoms with Gasteiger partial charge in [0, 0.05) is 18.9 Å². The van der Waals surface area contributed by atoms with Crippen LogP contribution in [0.15, 0.2) is 18.7 Å². The molecular formula is C9H19Cl2N3. The SMILES string of the molecule is CCCNCCCn1ccnc1.Cl.Cl. The Hall–Kier alpha value is -0.250. The minimum Gasteiger partial charge on any atom is -0.337 e. The Morgan fingerprint density at radius 2 is 2.07 bits per heavy atom. The van der Waals surface area contributed by atoms with E-state index in [1.165, 1.54) is 12.8 Å². The Morgan fingerprint density at radius 1 is 1.29 bits per heavy atom. The van der Waals surface area contributed by atoms with Gasteiger partial charge in [-0.05, 0) is 25.9 Å². The van der Waals surface area contributed by atoms with Crippen molar-refractivity contribution in [1.29, 1.82) is 0 Å². The van der Waals surface area contributed by atoms with Crippen LogP contribution in [0.2, 0.25) is 0 Å². The summed E-state index contributed by atoms with van der Waals surface area (Å²) in [7, 11) is 0. The third kappa shape index (κ3) is 7.18. The number of nitrogens with zero attached hydrogens (tertiary/aromatic N) is 2. The van der Waals surface area contributed by atoms with E-state index in [1.54, 1.807) is 0 Å². The topological polar surface area (TPSA) is 29.9 Å². The quantitative estimate of drug-likeness (QED) is 0.772.